The van der Waals surface area contributed by atoms with Crippen LogP contribution in [0.25, 0.3) is 5.76 Å². The van der Waals surface area contributed by atoms with E-state index in [4.69, 9.17) is 25.8 Å². The first-order chi connectivity index (χ1) is 16.8. The van der Waals surface area contributed by atoms with E-state index in [0.29, 0.717) is 17.1 Å². The van der Waals surface area contributed by atoms with Crippen LogP contribution in [0.5, 0.6) is 23.0 Å². The van der Waals surface area contributed by atoms with Gasteiger partial charge in [-0.1, -0.05) is 41.9 Å². The Hall–Kier alpha value is -4.17. The highest BCUT2D eigenvalue weighted by molar-refractivity contribution is 6.52. The maximum absolute atomic E-state index is 13.4. The molecule has 1 amide bonds. The number of nitrogens with zero attached hydrogens (tertiary/aromatic N) is 1. The molecule has 8 nitrogen and oxygen atoms in total. The van der Waals surface area contributed by atoms with Crippen molar-refractivity contribution in [1.82, 2.24) is 0 Å². The number of Topliss-reactive ketones (excluding diaryl/α,β-unsaturated/α-hetero) is 1. The Balaban J connectivity index is 2.04. The molecular weight excluding hydrogens is 474 g/mol. The Morgan fingerprint density at radius 1 is 0.886 bits per heavy atom. The smallest absolute Gasteiger partial charge is 0.300 e. The lowest BCUT2D eigenvalue weighted by Gasteiger charge is -2.27. The van der Waals surface area contributed by atoms with Gasteiger partial charge in [-0.2, -0.15) is 0 Å². The molecule has 0 spiro atoms. The second-order valence-electron chi connectivity index (χ2n) is 7.59. The van der Waals surface area contributed by atoms with Gasteiger partial charge in [0, 0.05) is 11.6 Å². The van der Waals surface area contributed by atoms with E-state index in [-0.39, 0.29) is 33.3 Å². The molecule has 0 saturated carbocycles. The van der Waals surface area contributed by atoms with Crippen molar-refractivity contribution in [2.24, 2.45) is 0 Å². The standard InChI is InChI=1S/C26H22ClNO7/c1-33-19-11-7-4-8-14(19)23-22(24(30)15-12-16(27)21(35-3)13-20(15)34-2)25(31)26(32)28(23)17-9-5-6-10-18(17)29/h4-13,23,29-30H,1-3H3/b24-22+. The number of ketones is 1. The molecule has 1 saturated heterocycles. The predicted octanol–water partition coefficient (Wildman–Crippen LogP) is 4.70. The normalized spacial score (nSPS) is 16.9. The summed E-state index contributed by atoms with van der Waals surface area (Å²) in [7, 11) is 4.27. The number of hydrogen-bond donors (Lipinski definition) is 2. The Kier molecular flexibility index (Phi) is 6.57. The maximum Gasteiger partial charge on any atom is 0.300 e. The molecule has 0 aromatic heterocycles. The molecule has 180 valence electrons. The molecule has 1 aliphatic heterocycles. The number of anilines is 1. The van der Waals surface area contributed by atoms with Crippen molar-refractivity contribution in [2.45, 2.75) is 6.04 Å². The monoisotopic (exact) mass is 495 g/mol. The molecule has 1 aliphatic rings. The van der Waals surface area contributed by atoms with Crippen molar-refractivity contribution in [3.63, 3.8) is 0 Å². The van der Waals surface area contributed by atoms with Gasteiger partial charge in [0.05, 0.1) is 49.2 Å². The average Bonchev–Trinajstić information content (AvgIpc) is 3.13. The fourth-order valence-corrected chi connectivity index (χ4v) is 4.37. The second kappa shape index (κ2) is 9.60. The number of methoxy groups -OCH3 is 3. The van der Waals surface area contributed by atoms with Crippen LogP contribution >= 0.6 is 11.6 Å². The zero-order chi connectivity index (χ0) is 25.3. The van der Waals surface area contributed by atoms with Gasteiger partial charge in [-0.15, -0.1) is 0 Å². The van der Waals surface area contributed by atoms with Gasteiger partial charge in [-0.25, -0.2) is 0 Å². The number of carbonyl (C=O) groups excluding carboxylic acids is 2. The zero-order valence-electron chi connectivity index (χ0n) is 19.1. The van der Waals surface area contributed by atoms with Crippen LogP contribution in [0.1, 0.15) is 17.2 Å². The van der Waals surface area contributed by atoms with Gasteiger partial charge < -0.3 is 24.4 Å². The molecule has 0 aliphatic carbocycles. The first kappa shape index (κ1) is 24.0. The Labute approximate surface area is 206 Å². The fourth-order valence-electron chi connectivity index (χ4n) is 4.13. The van der Waals surface area contributed by atoms with Crippen molar-refractivity contribution in [3.05, 3.63) is 82.4 Å². The van der Waals surface area contributed by atoms with Crippen molar-refractivity contribution in [3.8, 4) is 23.0 Å². The number of para-hydroxylation sites is 3. The van der Waals surface area contributed by atoms with Crippen molar-refractivity contribution < 1.29 is 34.0 Å². The van der Waals surface area contributed by atoms with E-state index >= 15 is 0 Å². The summed E-state index contributed by atoms with van der Waals surface area (Å²) in [5, 5.41) is 22.1. The van der Waals surface area contributed by atoms with Crippen LogP contribution in [0.15, 0.2) is 66.2 Å². The lowest BCUT2D eigenvalue weighted by atomic mass is 9.94. The van der Waals surface area contributed by atoms with E-state index < -0.39 is 23.5 Å². The molecule has 1 fully saturated rings. The van der Waals surface area contributed by atoms with Crippen LogP contribution in [0.4, 0.5) is 5.69 Å². The molecule has 1 unspecified atom stereocenters. The van der Waals surface area contributed by atoms with E-state index in [1.807, 2.05) is 0 Å². The number of aliphatic hydroxyl groups is 1. The summed E-state index contributed by atoms with van der Waals surface area (Å²) in [6, 6.07) is 14.7. The van der Waals surface area contributed by atoms with Crippen molar-refractivity contribution >= 4 is 34.7 Å². The summed E-state index contributed by atoms with van der Waals surface area (Å²) in [4.78, 5) is 27.8. The zero-order valence-corrected chi connectivity index (χ0v) is 19.9. The van der Waals surface area contributed by atoms with Gasteiger partial charge in [0.2, 0.25) is 0 Å². The van der Waals surface area contributed by atoms with Crippen LogP contribution in [0.2, 0.25) is 5.02 Å². The second-order valence-corrected chi connectivity index (χ2v) is 7.99. The van der Waals surface area contributed by atoms with Gasteiger partial charge in [-0.3, -0.25) is 14.5 Å². The molecular formula is C26H22ClNO7. The minimum absolute atomic E-state index is 0.0912. The highest BCUT2D eigenvalue weighted by Crippen LogP contribution is 2.48. The predicted molar refractivity (Wildman–Crippen MR) is 130 cm³/mol. The number of hydrogen-bond acceptors (Lipinski definition) is 7. The van der Waals surface area contributed by atoms with E-state index in [1.54, 1.807) is 36.4 Å². The number of benzene rings is 3. The summed E-state index contributed by atoms with van der Waals surface area (Å²) in [6.45, 7) is 0. The largest absolute Gasteiger partial charge is 0.507 e. The third kappa shape index (κ3) is 4.02. The maximum atomic E-state index is 13.4. The lowest BCUT2D eigenvalue weighted by Crippen LogP contribution is -2.29. The van der Waals surface area contributed by atoms with Crippen LogP contribution < -0.4 is 19.1 Å². The summed E-state index contributed by atoms with van der Waals surface area (Å²) < 4.78 is 16.1. The van der Waals surface area contributed by atoms with E-state index in [0.717, 1.165) is 4.90 Å². The molecule has 35 heavy (non-hydrogen) atoms. The summed E-state index contributed by atoms with van der Waals surface area (Å²) in [5.74, 6) is -1.73. The number of aromatic hydroxyl groups is 1. The van der Waals surface area contributed by atoms with E-state index in [9.17, 15) is 19.8 Å². The Morgan fingerprint density at radius 3 is 2.17 bits per heavy atom. The van der Waals surface area contributed by atoms with Crippen LogP contribution in [-0.2, 0) is 9.59 Å². The molecule has 9 heteroatoms. The molecule has 3 aromatic carbocycles. The number of aliphatic hydroxyl groups excluding tert-OH is 1. The number of halogens is 1. The highest BCUT2D eigenvalue weighted by Gasteiger charge is 2.48. The highest BCUT2D eigenvalue weighted by atomic mass is 35.5. The first-order valence-electron chi connectivity index (χ1n) is 10.5. The Bertz CT molecular complexity index is 1350. The number of amides is 1. The van der Waals surface area contributed by atoms with Gasteiger partial charge in [0.25, 0.3) is 11.7 Å². The third-order valence-electron chi connectivity index (χ3n) is 5.75. The lowest BCUT2D eigenvalue weighted by molar-refractivity contribution is -0.132. The van der Waals surface area contributed by atoms with E-state index in [1.165, 1.54) is 45.6 Å². The summed E-state index contributed by atoms with van der Waals surface area (Å²) in [5.41, 5.74) is 0.401. The van der Waals surface area contributed by atoms with Gasteiger partial charge >= 0.3 is 0 Å². The van der Waals surface area contributed by atoms with Gasteiger partial charge in [-0.05, 0) is 24.3 Å². The minimum atomic E-state index is -1.12. The summed E-state index contributed by atoms with van der Waals surface area (Å²) in [6.07, 6.45) is 0. The quantitative estimate of drug-likeness (QED) is 0.290. The molecule has 1 atom stereocenters. The van der Waals surface area contributed by atoms with Gasteiger partial charge in [0.15, 0.2) is 0 Å². The molecule has 3 aromatic rings. The SMILES string of the molecule is COc1cc(OC)c(/C(O)=C2\C(=O)C(=O)N(c3ccccc3O)C2c2ccccc2OC)cc1Cl. The Morgan fingerprint density at radius 2 is 1.51 bits per heavy atom. The van der Waals surface area contributed by atoms with E-state index in [2.05, 4.69) is 0 Å². The third-order valence-corrected chi connectivity index (χ3v) is 6.04. The number of ether oxygens (including phenoxy) is 3. The number of phenols is 1. The van der Waals surface area contributed by atoms with Crippen molar-refractivity contribution in [1.29, 1.82) is 0 Å². The number of carbonyl (C=O) groups is 2. The van der Waals surface area contributed by atoms with Crippen LogP contribution in [0, 0.1) is 0 Å². The van der Waals surface area contributed by atoms with Crippen LogP contribution in [-0.4, -0.2) is 43.2 Å². The molecule has 1 heterocycles. The summed E-state index contributed by atoms with van der Waals surface area (Å²) >= 11 is 6.29. The first-order valence-corrected chi connectivity index (χ1v) is 10.9. The fraction of sp³-hybridized carbons (Fsp3) is 0.154. The number of phenolic OH excluding ortho intramolecular Hbond substituents is 1. The molecule has 4 rings (SSSR count). The topological polar surface area (TPSA) is 106 Å². The average molecular weight is 496 g/mol. The molecule has 0 radical (unpaired) electrons. The van der Waals surface area contributed by atoms with Gasteiger partial charge in [0.1, 0.15) is 28.8 Å². The molecule has 2 N–H and O–H groups in total. The van der Waals surface area contributed by atoms with Crippen molar-refractivity contribution in [2.75, 3.05) is 26.2 Å². The molecule has 0 bridgehead atoms. The van der Waals surface area contributed by atoms with Crippen LogP contribution in [0.3, 0.4) is 0 Å². The number of rotatable bonds is 6. The minimum Gasteiger partial charge on any atom is -0.507 e.